The molecule has 4 heteroatoms. The first kappa shape index (κ1) is 14.7. The van der Waals surface area contributed by atoms with Crippen LogP contribution in [0.2, 0.25) is 0 Å². The van der Waals surface area contributed by atoms with Crippen molar-refractivity contribution < 1.29 is 4.79 Å². The third kappa shape index (κ3) is 3.24. The number of carbonyl (C=O) groups is 1. The number of rotatable bonds is 6. The van der Waals surface area contributed by atoms with Crippen molar-refractivity contribution in [2.75, 3.05) is 31.3 Å². The minimum absolute atomic E-state index is 0.0437. The van der Waals surface area contributed by atoms with Crippen LogP contribution >= 0.6 is 0 Å². The van der Waals surface area contributed by atoms with Gasteiger partial charge in [-0.1, -0.05) is 13.3 Å². The van der Waals surface area contributed by atoms with Gasteiger partial charge in [0.25, 0.3) is 5.91 Å². The number of benzene rings is 1. The van der Waals surface area contributed by atoms with Crippen LogP contribution in [0.15, 0.2) is 18.2 Å². The molecule has 4 nitrogen and oxygen atoms in total. The fourth-order valence-electron chi connectivity index (χ4n) is 2.42. The molecule has 2 N–H and O–H groups in total. The molecule has 20 heavy (non-hydrogen) atoms. The average molecular weight is 275 g/mol. The third-order valence-corrected chi connectivity index (χ3v) is 3.71. The van der Waals surface area contributed by atoms with Gasteiger partial charge in [0.15, 0.2) is 0 Å². The number of unbranched alkanes of at least 4 members (excludes halogenated alkanes) is 1. The van der Waals surface area contributed by atoms with Crippen LogP contribution < -0.4 is 10.6 Å². The third-order valence-electron chi connectivity index (χ3n) is 3.71. The van der Waals surface area contributed by atoms with E-state index < -0.39 is 0 Å². The first-order valence-electron chi connectivity index (χ1n) is 7.42. The van der Waals surface area contributed by atoms with Crippen LogP contribution in [-0.2, 0) is 0 Å². The molecule has 1 saturated carbocycles. The number of nitrogens with two attached hydrogens (primary N) is 1. The summed E-state index contributed by atoms with van der Waals surface area (Å²) >= 11 is 0. The van der Waals surface area contributed by atoms with Gasteiger partial charge in [0.2, 0.25) is 0 Å². The lowest BCUT2D eigenvalue weighted by Crippen LogP contribution is -2.31. The van der Waals surface area contributed by atoms with E-state index in [0.29, 0.717) is 6.04 Å². The number of hydrogen-bond donors (Lipinski definition) is 1. The Morgan fingerprint density at radius 1 is 1.35 bits per heavy atom. The van der Waals surface area contributed by atoms with Gasteiger partial charge in [-0.2, -0.15) is 0 Å². The lowest BCUT2D eigenvalue weighted by molar-refractivity contribution is 0.0828. The van der Waals surface area contributed by atoms with Gasteiger partial charge >= 0.3 is 0 Å². The summed E-state index contributed by atoms with van der Waals surface area (Å²) in [5.74, 6) is 0.0437. The Morgan fingerprint density at radius 3 is 2.60 bits per heavy atom. The van der Waals surface area contributed by atoms with Gasteiger partial charge in [-0.3, -0.25) is 4.79 Å². The van der Waals surface area contributed by atoms with E-state index in [-0.39, 0.29) is 5.91 Å². The largest absolute Gasteiger partial charge is 0.399 e. The summed E-state index contributed by atoms with van der Waals surface area (Å²) in [6, 6.07) is 6.20. The summed E-state index contributed by atoms with van der Waals surface area (Å²) in [7, 11) is 3.58. The van der Waals surface area contributed by atoms with Crippen LogP contribution in [0.1, 0.15) is 43.0 Å². The number of anilines is 2. The number of amides is 1. The second-order valence-electron chi connectivity index (χ2n) is 5.75. The second-order valence-corrected chi connectivity index (χ2v) is 5.75. The van der Waals surface area contributed by atoms with Crippen LogP contribution in [0, 0.1) is 0 Å². The van der Waals surface area contributed by atoms with Crippen LogP contribution in [0.4, 0.5) is 11.4 Å². The maximum absolute atomic E-state index is 12.4. The lowest BCUT2D eigenvalue weighted by Gasteiger charge is -2.28. The highest BCUT2D eigenvalue weighted by Crippen LogP contribution is 2.35. The summed E-state index contributed by atoms with van der Waals surface area (Å²) < 4.78 is 0. The van der Waals surface area contributed by atoms with Crippen molar-refractivity contribution in [1.29, 1.82) is 0 Å². The van der Waals surface area contributed by atoms with Gasteiger partial charge in [0, 0.05) is 32.4 Å². The number of nitrogens with zero attached hydrogens (tertiary/aromatic N) is 2. The number of nitrogen functional groups attached to an aromatic ring is 1. The zero-order valence-corrected chi connectivity index (χ0v) is 12.7. The van der Waals surface area contributed by atoms with Crippen LogP contribution in [0.3, 0.4) is 0 Å². The normalized spacial score (nSPS) is 14.2. The van der Waals surface area contributed by atoms with Crippen molar-refractivity contribution >= 4 is 17.3 Å². The van der Waals surface area contributed by atoms with Crippen molar-refractivity contribution in [1.82, 2.24) is 4.90 Å². The molecule has 2 rings (SSSR count). The van der Waals surface area contributed by atoms with Gasteiger partial charge in [0.1, 0.15) is 0 Å². The van der Waals surface area contributed by atoms with E-state index in [1.54, 1.807) is 19.0 Å². The molecule has 0 saturated heterocycles. The van der Waals surface area contributed by atoms with Crippen molar-refractivity contribution in [2.45, 2.75) is 38.6 Å². The summed E-state index contributed by atoms with van der Waals surface area (Å²) in [5.41, 5.74) is 8.42. The minimum atomic E-state index is 0.0437. The van der Waals surface area contributed by atoms with Crippen molar-refractivity contribution in [2.24, 2.45) is 0 Å². The first-order chi connectivity index (χ1) is 9.54. The van der Waals surface area contributed by atoms with Gasteiger partial charge in [-0.25, -0.2) is 0 Å². The zero-order chi connectivity index (χ0) is 14.7. The molecule has 1 fully saturated rings. The van der Waals surface area contributed by atoms with E-state index in [2.05, 4.69) is 11.8 Å². The molecule has 0 bridgehead atoms. The molecule has 0 aliphatic heterocycles. The summed E-state index contributed by atoms with van der Waals surface area (Å²) in [6.07, 6.45) is 4.73. The minimum Gasteiger partial charge on any atom is -0.399 e. The quantitative estimate of drug-likeness (QED) is 0.812. The van der Waals surface area contributed by atoms with Crippen molar-refractivity contribution in [3.05, 3.63) is 23.8 Å². The molecule has 0 spiro atoms. The molecular weight excluding hydrogens is 250 g/mol. The van der Waals surface area contributed by atoms with Crippen molar-refractivity contribution in [3.8, 4) is 0 Å². The topological polar surface area (TPSA) is 49.6 Å². The van der Waals surface area contributed by atoms with Gasteiger partial charge < -0.3 is 15.5 Å². The second kappa shape index (κ2) is 6.16. The van der Waals surface area contributed by atoms with Crippen LogP contribution in [0.25, 0.3) is 0 Å². The van der Waals surface area contributed by atoms with E-state index in [9.17, 15) is 4.79 Å². The monoisotopic (exact) mass is 275 g/mol. The highest BCUT2D eigenvalue weighted by atomic mass is 16.2. The molecule has 1 aromatic rings. The van der Waals surface area contributed by atoms with Crippen molar-refractivity contribution in [3.63, 3.8) is 0 Å². The Labute approximate surface area is 121 Å². The molecule has 1 aromatic carbocycles. The molecule has 1 aliphatic rings. The summed E-state index contributed by atoms with van der Waals surface area (Å²) in [4.78, 5) is 16.4. The molecule has 0 unspecified atom stereocenters. The maximum Gasteiger partial charge on any atom is 0.255 e. The molecular formula is C16H25N3O. The molecule has 1 amide bonds. The molecule has 110 valence electrons. The number of carbonyl (C=O) groups excluding carboxylic acids is 1. The van der Waals surface area contributed by atoms with Crippen LogP contribution in [0.5, 0.6) is 0 Å². The fourth-order valence-corrected chi connectivity index (χ4v) is 2.42. The Morgan fingerprint density at radius 2 is 2.05 bits per heavy atom. The smallest absolute Gasteiger partial charge is 0.255 e. The molecule has 0 heterocycles. The van der Waals surface area contributed by atoms with Crippen LogP contribution in [-0.4, -0.2) is 37.5 Å². The summed E-state index contributed by atoms with van der Waals surface area (Å²) in [6.45, 7) is 3.19. The fraction of sp³-hybridized carbons (Fsp3) is 0.562. The standard InChI is InChI=1S/C16H25N3O/c1-4-5-10-19(13-7-8-13)15-11-12(17)6-9-14(15)16(20)18(2)3/h6,9,11,13H,4-5,7-8,10,17H2,1-3H3. The predicted octanol–water partition coefficient (Wildman–Crippen LogP) is 2.74. The van der Waals surface area contributed by atoms with E-state index in [0.717, 1.165) is 36.3 Å². The van der Waals surface area contributed by atoms with E-state index >= 15 is 0 Å². The Hall–Kier alpha value is -1.71. The van der Waals surface area contributed by atoms with Gasteiger partial charge in [-0.05, 0) is 37.5 Å². The Balaban J connectivity index is 2.35. The van der Waals surface area contributed by atoms with E-state index in [4.69, 9.17) is 5.73 Å². The SMILES string of the molecule is CCCCN(c1cc(N)ccc1C(=O)N(C)C)C1CC1. The zero-order valence-electron chi connectivity index (χ0n) is 12.7. The highest BCUT2D eigenvalue weighted by molar-refractivity contribution is 6.00. The first-order valence-corrected chi connectivity index (χ1v) is 7.42. The number of hydrogen-bond acceptors (Lipinski definition) is 3. The van der Waals surface area contributed by atoms with Gasteiger partial charge in [-0.15, -0.1) is 0 Å². The lowest BCUT2D eigenvalue weighted by atomic mass is 10.1. The van der Waals surface area contributed by atoms with E-state index in [1.165, 1.54) is 12.8 Å². The molecule has 0 radical (unpaired) electrons. The highest BCUT2D eigenvalue weighted by Gasteiger charge is 2.31. The molecule has 1 aliphatic carbocycles. The van der Waals surface area contributed by atoms with E-state index in [1.807, 2.05) is 18.2 Å². The molecule has 0 aromatic heterocycles. The maximum atomic E-state index is 12.4. The predicted molar refractivity (Wildman–Crippen MR) is 84.1 cm³/mol. The Kier molecular flexibility index (Phi) is 4.53. The van der Waals surface area contributed by atoms with Gasteiger partial charge in [0.05, 0.1) is 11.3 Å². The Bertz CT molecular complexity index is 481. The average Bonchev–Trinajstić information content (AvgIpc) is 3.23. The molecule has 0 atom stereocenters. The summed E-state index contributed by atoms with van der Waals surface area (Å²) in [5, 5.41) is 0.